The van der Waals surface area contributed by atoms with Crippen LogP contribution in [0, 0.1) is 0 Å². The third kappa shape index (κ3) is 4.78. The molecule has 2 amide bonds. The largest absolute Gasteiger partial charge is 0.349 e. The Balaban J connectivity index is 1.27. The van der Waals surface area contributed by atoms with Crippen LogP contribution in [0.5, 0.6) is 0 Å². The lowest BCUT2D eigenvalue weighted by atomic mass is 10.1. The maximum atomic E-state index is 12.8. The molecular formula is C25H26N4O2S. The molecular weight excluding hydrogens is 420 g/mol. The van der Waals surface area contributed by atoms with Crippen molar-refractivity contribution in [2.45, 2.75) is 55.5 Å². The van der Waals surface area contributed by atoms with E-state index in [9.17, 15) is 9.59 Å². The molecule has 2 aromatic carbocycles. The van der Waals surface area contributed by atoms with Crippen LogP contribution in [0.2, 0.25) is 0 Å². The fourth-order valence-corrected chi connectivity index (χ4v) is 4.97. The van der Waals surface area contributed by atoms with E-state index in [0.29, 0.717) is 17.2 Å². The van der Waals surface area contributed by atoms with Gasteiger partial charge in [0, 0.05) is 17.3 Å². The van der Waals surface area contributed by atoms with Crippen LogP contribution in [0.25, 0.3) is 10.9 Å². The van der Waals surface area contributed by atoms with Gasteiger partial charge in [-0.2, -0.15) is 0 Å². The number of benzene rings is 2. The normalized spacial score (nSPS) is 16.2. The Bertz CT molecular complexity index is 1160. The van der Waals surface area contributed by atoms with Gasteiger partial charge >= 0.3 is 0 Å². The second kappa shape index (κ2) is 9.28. The maximum Gasteiger partial charge on any atom is 0.253 e. The molecule has 2 aliphatic carbocycles. The van der Waals surface area contributed by atoms with Crippen molar-refractivity contribution in [1.29, 1.82) is 0 Å². The molecule has 0 radical (unpaired) electrons. The molecule has 1 aromatic heterocycles. The van der Waals surface area contributed by atoms with Crippen LogP contribution >= 0.6 is 11.8 Å². The highest BCUT2D eigenvalue weighted by Crippen LogP contribution is 2.39. The van der Waals surface area contributed by atoms with E-state index in [4.69, 9.17) is 9.97 Å². The van der Waals surface area contributed by atoms with Gasteiger partial charge in [0.25, 0.3) is 5.91 Å². The molecule has 1 heterocycles. The average Bonchev–Trinajstić information content (AvgIpc) is 3.54. The number of hydrogen-bond donors (Lipinski definition) is 2. The Kier molecular flexibility index (Phi) is 6.08. The number of nitrogens with one attached hydrogen (secondary N) is 2. The molecule has 2 N–H and O–H groups in total. The van der Waals surface area contributed by atoms with Gasteiger partial charge in [0.15, 0.2) is 0 Å². The van der Waals surface area contributed by atoms with E-state index in [0.717, 1.165) is 60.3 Å². The molecule has 0 spiro atoms. The lowest BCUT2D eigenvalue weighted by molar-refractivity contribution is -0.113. The van der Waals surface area contributed by atoms with Crippen molar-refractivity contribution < 1.29 is 9.59 Å². The van der Waals surface area contributed by atoms with Gasteiger partial charge in [0.05, 0.1) is 22.5 Å². The number of fused-ring (bicyclic) bond motifs is 1. The van der Waals surface area contributed by atoms with E-state index in [1.54, 1.807) is 12.1 Å². The van der Waals surface area contributed by atoms with E-state index in [2.05, 4.69) is 10.6 Å². The lowest BCUT2D eigenvalue weighted by Gasteiger charge is -2.15. The summed E-state index contributed by atoms with van der Waals surface area (Å²) in [5.74, 6) is 1.24. The molecule has 164 valence electrons. The number of amides is 2. The van der Waals surface area contributed by atoms with Gasteiger partial charge in [-0.3, -0.25) is 9.59 Å². The molecule has 0 bridgehead atoms. The number of para-hydroxylation sites is 2. The third-order valence-electron chi connectivity index (χ3n) is 6.00. The topological polar surface area (TPSA) is 84.0 Å². The summed E-state index contributed by atoms with van der Waals surface area (Å²) in [7, 11) is 0. The quantitative estimate of drug-likeness (QED) is 0.398. The minimum Gasteiger partial charge on any atom is -0.349 e. The second-order valence-electron chi connectivity index (χ2n) is 8.52. The molecule has 2 saturated carbocycles. The van der Waals surface area contributed by atoms with E-state index in [-0.39, 0.29) is 23.6 Å². The average molecular weight is 447 g/mol. The number of hydrogen-bond acceptors (Lipinski definition) is 5. The summed E-state index contributed by atoms with van der Waals surface area (Å²) in [4.78, 5) is 35.0. The molecule has 0 aliphatic heterocycles. The number of anilines is 1. The molecule has 2 fully saturated rings. The minimum absolute atomic E-state index is 0.128. The first-order chi connectivity index (χ1) is 15.7. The Hall–Kier alpha value is -2.93. The number of carbonyl (C=O) groups is 2. The molecule has 5 rings (SSSR count). The Morgan fingerprint density at radius 2 is 1.69 bits per heavy atom. The van der Waals surface area contributed by atoms with Gasteiger partial charge in [0.1, 0.15) is 10.9 Å². The first-order valence-corrected chi connectivity index (χ1v) is 12.2. The summed E-state index contributed by atoms with van der Waals surface area (Å²) >= 11 is 1.41. The van der Waals surface area contributed by atoms with Crippen molar-refractivity contribution in [3.8, 4) is 0 Å². The maximum absolute atomic E-state index is 12.8. The minimum atomic E-state index is -0.160. The summed E-state index contributed by atoms with van der Waals surface area (Å²) in [6.45, 7) is 0. The fraction of sp³-hybridized carbons (Fsp3) is 0.360. The van der Waals surface area contributed by atoms with Crippen LogP contribution in [0.15, 0.2) is 53.6 Å². The molecule has 6 nitrogen and oxygen atoms in total. The van der Waals surface area contributed by atoms with Gasteiger partial charge in [-0.1, -0.05) is 54.9 Å². The Morgan fingerprint density at radius 3 is 2.50 bits per heavy atom. The lowest BCUT2D eigenvalue weighted by Crippen LogP contribution is -2.33. The summed E-state index contributed by atoms with van der Waals surface area (Å²) in [5.41, 5.74) is 1.96. The zero-order valence-electron chi connectivity index (χ0n) is 17.8. The third-order valence-corrected chi connectivity index (χ3v) is 7.00. The van der Waals surface area contributed by atoms with Crippen LogP contribution in [-0.2, 0) is 4.79 Å². The highest BCUT2D eigenvalue weighted by molar-refractivity contribution is 8.00. The standard InChI is InChI=1S/C25H26N4O2S/c30-22(27-20-11-5-3-9-18(20)24(31)26-17-7-1-2-8-17)15-32-25-19-10-4-6-12-21(19)28-23(29-25)16-13-14-16/h3-6,9-12,16-17H,1-2,7-8,13-15H2,(H,26,31)(H,27,30). The molecule has 32 heavy (non-hydrogen) atoms. The van der Waals surface area contributed by atoms with Crippen LogP contribution < -0.4 is 10.6 Å². The van der Waals surface area contributed by atoms with Crippen molar-refractivity contribution in [2.75, 3.05) is 11.1 Å². The van der Waals surface area contributed by atoms with Crippen LogP contribution in [0.1, 0.15) is 60.6 Å². The van der Waals surface area contributed by atoms with Crippen molar-refractivity contribution in [2.24, 2.45) is 0 Å². The Labute approximate surface area is 191 Å². The smallest absolute Gasteiger partial charge is 0.253 e. The molecule has 0 saturated heterocycles. The van der Waals surface area contributed by atoms with Gasteiger partial charge in [-0.05, 0) is 43.9 Å². The Morgan fingerprint density at radius 1 is 0.938 bits per heavy atom. The van der Waals surface area contributed by atoms with Crippen molar-refractivity contribution in [1.82, 2.24) is 15.3 Å². The molecule has 3 aromatic rings. The monoisotopic (exact) mass is 446 g/mol. The predicted molar refractivity (Wildman–Crippen MR) is 127 cm³/mol. The molecule has 7 heteroatoms. The summed E-state index contributed by atoms with van der Waals surface area (Å²) in [6.07, 6.45) is 6.60. The summed E-state index contributed by atoms with van der Waals surface area (Å²) < 4.78 is 0. The highest BCUT2D eigenvalue weighted by atomic mass is 32.2. The van der Waals surface area contributed by atoms with E-state index in [1.165, 1.54) is 11.8 Å². The SMILES string of the molecule is O=C(CSc1nc(C2CC2)nc2ccccc12)Nc1ccccc1C(=O)NC1CCCC1. The van der Waals surface area contributed by atoms with E-state index in [1.807, 2.05) is 36.4 Å². The van der Waals surface area contributed by atoms with E-state index >= 15 is 0 Å². The highest BCUT2D eigenvalue weighted by Gasteiger charge is 2.27. The fourth-order valence-electron chi connectivity index (χ4n) is 4.14. The zero-order valence-corrected chi connectivity index (χ0v) is 18.7. The van der Waals surface area contributed by atoms with Gasteiger partial charge < -0.3 is 10.6 Å². The number of carbonyl (C=O) groups excluding carboxylic acids is 2. The van der Waals surface area contributed by atoms with Crippen molar-refractivity contribution >= 4 is 40.2 Å². The van der Waals surface area contributed by atoms with Gasteiger partial charge in [-0.25, -0.2) is 9.97 Å². The van der Waals surface area contributed by atoms with Crippen molar-refractivity contribution in [3.63, 3.8) is 0 Å². The summed E-state index contributed by atoms with van der Waals surface area (Å²) in [6, 6.07) is 15.3. The van der Waals surface area contributed by atoms with Gasteiger partial charge in [-0.15, -0.1) is 0 Å². The first kappa shape index (κ1) is 20.9. The summed E-state index contributed by atoms with van der Waals surface area (Å²) in [5, 5.41) is 7.81. The second-order valence-corrected chi connectivity index (χ2v) is 9.48. The van der Waals surface area contributed by atoms with E-state index < -0.39 is 0 Å². The number of nitrogens with zero attached hydrogens (tertiary/aromatic N) is 2. The zero-order chi connectivity index (χ0) is 21.9. The van der Waals surface area contributed by atoms with Crippen LogP contribution in [0.3, 0.4) is 0 Å². The molecule has 2 aliphatic rings. The number of thioether (sulfide) groups is 1. The first-order valence-electron chi connectivity index (χ1n) is 11.3. The van der Waals surface area contributed by atoms with Gasteiger partial charge in [0.2, 0.25) is 5.91 Å². The number of aromatic nitrogens is 2. The van der Waals surface area contributed by atoms with Crippen LogP contribution in [-0.4, -0.2) is 33.6 Å². The number of rotatable bonds is 7. The molecule has 0 unspecified atom stereocenters. The van der Waals surface area contributed by atoms with Crippen LogP contribution in [0.4, 0.5) is 5.69 Å². The predicted octanol–water partition coefficient (Wildman–Crippen LogP) is 4.91. The van der Waals surface area contributed by atoms with Crippen molar-refractivity contribution in [3.05, 3.63) is 59.9 Å². The molecule has 0 atom stereocenters.